The molecule has 1 fully saturated rings. The SMILES string of the molecule is CN1Cc2ccccc2-n2ccnc2C12CCN(C(=O)c1cccc(F)c1)CC2. The summed E-state index contributed by atoms with van der Waals surface area (Å²) in [5.74, 6) is 0.540. The number of carbonyl (C=O) groups excluding carboxylic acids is 1. The van der Waals surface area contributed by atoms with Crippen molar-refractivity contribution in [2.45, 2.75) is 24.9 Å². The highest BCUT2D eigenvalue weighted by Gasteiger charge is 2.45. The quantitative estimate of drug-likeness (QED) is 0.638. The van der Waals surface area contributed by atoms with Gasteiger partial charge in [-0.1, -0.05) is 24.3 Å². The van der Waals surface area contributed by atoms with E-state index in [1.54, 1.807) is 12.1 Å². The molecule has 1 amide bonds. The summed E-state index contributed by atoms with van der Waals surface area (Å²) in [7, 11) is 2.14. The van der Waals surface area contributed by atoms with Gasteiger partial charge in [0.2, 0.25) is 0 Å². The molecule has 5 rings (SSSR count). The van der Waals surface area contributed by atoms with Gasteiger partial charge in [-0.25, -0.2) is 9.37 Å². The summed E-state index contributed by atoms with van der Waals surface area (Å²) >= 11 is 0. The van der Waals surface area contributed by atoms with Gasteiger partial charge in [-0.05, 0) is 49.7 Å². The van der Waals surface area contributed by atoms with E-state index in [1.165, 1.54) is 23.4 Å². The number of halogens is 1. The van der Waals surface area contributed by atoms with Crippen molar-refractivity contribution >= 4 is 5.91 Å². The first-order chi connectivity index (χ1) is 14.1. The molecule has 5 nitrogen and oxygen atoms in total. The summed E-state index contributed by atoms with van der Waals surface area (Å²) in [5, 5.41) is 0. The lowest BCUT2D eigenvalue weighted by atomic mass is 9.84. The van der Waals surface area contributed by atoms with Gasteiger partial charge < -0.3 is 9.47 Å². The van der Waals surface area contributed by atoms with Crippen LogP contribution in [0.4, 0.5) is 4.39 Å². The van der Waals surface area contributed by atoms with Crippen LogP contribution >= 0.6 is 0 Å². The third-order valence-corrected chi connectivity index (χ3v) is 6.40. The number of hydrogen-bond acceptors (Lipinski definition) is 3. The molecule has 3 aromatic rings. The van der Waals surface area contributed by atoms with Gasteiger partial charge in [0.15, 0.2) is 0 Å². The first-order valence-corrected chi connectivity index (χ1v) is 9.97. The Hall–Kier alpha value is -2.99. The largest absolute Gasteiger partial charge is 0.338 e. The van der Waals surface area contributed by atoms with Crippen LogP contribution in [0.2, 0.25) is 0 Å². The lowest BCUT2D eigenvalue weighted by Crippen LogP contribution is -2.53. The molecule has 1 aromatic heterocycles. The summed E-state index contributed by atoms with van der Waals surface area (Å²) in [6.45, 7) is 2.06. The van der Waals surface area contributed by atoms with Crippen LogP contribution in [-0.4, -0.2) is 45.4 Å². The van der Waals surface area contributed by atoms with Gasteiger partial charge in [0.05, 0.1) is 11.2 Å². The standard InChI is InChI=1S/C23H23FN4O/c1-26-16-18-5-2-3-8-20(18)28-14-11-25-22(28)23(26)9-12-27(13-10-23)21(29)17-6-4-7-19(24)15-17/h2-8,11,14-15H,9-10,12-13,16H2,1H3. The van der Waals surface area contributed by atoms with Crippen molar-refractivity contribution in [1.29, 1.82) is 0 Å². The van der Waals surface area contributed by atoms with Crippen LogP contribution in [0.3, 0.4) is 0 Å². The Kier molecular flexibility index (Phi) is 4.24. The van der Waals surface area contributed by atoms with Gasteiger partial charge in [-0.2, -0.15) is 0 Å². The fourth-order valence-electron chi connectivity index (χ4n) is 4.79. The molecule has 0 unspecified atom stereocenters. The van der Waals surface area contributed by atoms with Crippen molar-refractivity contribution in [2.75, 3.05) is 20.1 Å². The molecule has 2 aromatic carbocycles. The number of hydrogen-bond donors (Lipinski definition) is 0. The molecule has 2 aliphatic heterocycles. The van der Waals surface area contributed by atoms with Gasteiger partial charge in [0.25, 0.3) is 5.91 Å². The number of amides is 1. The maximum absolute atomic E-state index is 13.5. The molecule has 0 bridgehead atoms. The minimum Gasteiger partial charge on any atom is -0.338 e. The van der Waals surface area contributed by atoms with Crippen LogP contribution in [0.15, 0.2) is 60.9 Å². The Labute approximate surface area is 169 Å². The highest BCUT2D eigenvalue weighted by atomic mass is 19.1. The van der Waals surface area contributed by atoms with Crippen LogP contribution in [0.1, 0.15) is 34.6 Å². The molecular weight excluding hydrogens is 367 g/mol. The fourth-order valence-corrected chi connectivity index (χ4v) is 4.79. The maximum atomic E-state index is 13.5. The minimum absolute atomic E-state index is 0.109. The summed E-state index contributed by atoms with van der Waals surface area (Å²) < 4.78 is 15.7. The maximum Gasteiger partial charge on any atom is 0.253 e. The fraction of sp³-hybridized carbons (Fsp3) is 0.304. The lowest BCUT2D eigenvalue weighted by Gasteiger charge is -2.46. The first kappa shape index (κ1) is 18.1. The summed E-state index contributed by atoms with van der Waals surface area (Å²) in [4.78, 5) is 21.8. The molecule has 1 spiro atoms. The molecule has 0 atom stereocenters. The number of carbonyl (C=O) groups is 1. The van der Waals surface area contributed by atoms with Crippen molar-refractivity contribution < 1.29 is 9.18 Å². The van der Waals surface area contributed by atoms with E-state index in [1.807, 2.05) is 17.3 Å². The Morgan fingerprint density at radius 3 is 2.69 bits per heavy atom. The molecular formula is C23H23FN4O. The second kappa shape index (κ2) is 6.81. The number of likely N-dealkylation sites (tertiary alicyclic amines) is 1. The summed E-state index contributed by atoms with van der Waals surface area (Å²) in [6.07, 6.45) is 5.46. The van der Waals surface area contributed by atoms with Crippen LogP contribution in [0, 0.1) is 5.82 Å². The average molecular weight is 390 g/mol. The molecule has 29 heavy (non-hydrogen) atoms. The Bertz CT molecular complexity index is 1070. The number of benzene rings is 2. The Morgan fingerprint density at radius 2 is 1.90 bits per heavy atom. The first-order valence-electron chi connectivity index (χ1n) is 9.97. The predicted octanol–water partition coefficient (Wildman–Crippen LogP) is 3.59. The zero-order valence-corrected chi connectivity index (χ0v) is 16.4. The van der Waals surface area contributed by atoms with E-state index in [2.05, 4.69) is 40.8 Å². The topological polar surface area (TPSA) is 41.4 Å². The van der Waals surface area contributed by atoms with Gasteiger partial charge in [-0.15, -0.1) is 0 Å². The van der Waals surface area contributed by atoms with E-state index in [-0.39, 0.29) is 17.3 Å². The zero-order chi connectivity index (χ0) is 20.0. The number of nitrogens with zero attached hydrogens (tertiary/aromatic N) is 4. The third-order valence-electron chi connectivity index (χ3n) is 6.40. The molecule has 2 aliphatic rings. The van der Waals surface area contributed by atoms with Crippen LogP contribution in [0.25, 0.3) is 5.69 Å². The molecule has 3 heterocycles. The Morgan fingerprint density at radius 1 is 1.10 bits per heavy atom. The van der Waals surface area contributed by atoms with Crippen molar-refractivity contribution in [3.05, 3.63) is 83.7 Å². The lowest BCUT2D eigenvalue weighted by molar-refractivity contribution is 0.0230. The normalized spacial score (nSPS) is 18.2. The number of piperidine rings is 1. The number of fused-ring (bicyclic) bond motifs is 4. The van der Waals surface area contributed by atoms with Gasteiger partial charge in [0, 0.05) is 37.6 Å². The second-order valence-corrected chi connectivity index (χ2v) is 7.94. The molecule has 0 N–H and O–H groups in total. The molecule has 148 valence electrons. The predicted molar refractivity (Wildman–Crippen MR) is 108 cm³/mol. The van der Waals surface area contributed by atoms with Crippen molar-refractivity contribution in [3.8, 4) is 5.69 Å². The van der Waals surface area contributed by atoms with Gasteiger partial charge in [-0.3, -0.25) is 9.69 Å². The second-order valence-electron chi connectivity index (χ2n) is 7.94. The van der Waals surface area contributed by atoms with E-state index < -0.39 is 0 Å². The van der Waals surface area contributed by atoms with Crippen molar-refractivity contribution in [3.63, 3.8) is 0 Å². The van der Waals surface area contributed by atoms with Gasteiger partial charge >= 0.3 is 0 Å². The van der Waals surface area contributed by atoms with Gasteiger partial charge in [0.1, 0.15) is 11.6 Å². The molecule has 0 radical (unpaired) electrons. The number of imidazole rings is 1. The highest BCUT2D eigenvalue weighted by molar-refractivity contribution is 5.94. The van der Waals surface area contributed by atoms with Crippen LogP contribution < -0.4 is 0 Å². The van der Waals surface area contributed by atoms with Crippen molar-refractivity contribution in [2.24, 2.45) is 0 Å². The summed E-state index contributed by atoms with van der Waals surface area (Å²) in [6, 6.07) is 14.4. The number of aromatic nitrogens is 2. The number of para-hydroxylation sites is 1. The molecule has 6 heteroatoms. The van der Waals surface area contributed by atoms with E-state index in [0.717, 1.165) is 25.2 Å². The summed E-state index contributed by atoms with van der Waals surface area (Å²) in [5.41, 5.74) is 2.61. The minimum atomic E-state index is -0.382. The van der Waals surface area contributed by atoms with Crippen LogP contribution in [0.5, 0.6) is 0 Å². The smallest absolute Gasteiger partial charge is 0.253 e. The third kappa shape index (κ3) is 2.86. The monoisotopic (exact) mass is 390 g/mol. The van der Waals surface area contributed by atoms with E-state index in [0.29, 0.717) is 18.7 Å². The highest BCUT2D eigenvalue weighted by Crippen LogP contribution is 2.42. The number of rotatable bonds is 1. The average Bonchev–Trinajstić information content (AvgIpc) is 3.21. The molecule has 1 saturated heterocycles. The van der Waals surface area contributed by atoms with E-state index >= 15 is 0 Å². The molecule has 0 aliphatic carbocycles. The Balaban J connectivity index is 1.45. The van der Waals surface area contributed by atoms with E-state index in [4.69, 9.17) is 4.98 Å². The van der Waals surface area contributed by atoms with Crippen molar-refractivity contribution in [1.82, 2.24) is 19.4 Å². The molecule has 0 saturated carbocycles. The van der Waals surface area contributed by atoms with E-state index in [9.17, 15) is 9.18 Å². The zero-order valence-electron chi connectivity index (χ0n) is 16.4. The van der Waals surface area contributed by atoms with Crippen LogP contribution in [-0.2, 0) is 12.1 Å².